The molecule has 0 aliphatic carbocycles. The Morgan fingerprint density at radius 2 is 2.35 bits per heavy atom. The molecule has 0 saturated heterocycles. The van der Waals surface area contributed by atoms with Gasteiger partial charge in [0.05, 0.1) is 12.0 Å². The van der Waals surface area contributed by atoms with E-state index in [0.717, 1.165) is 30.8 Å². The number of aromatic nitrogens is 2. The molecule has 0 saturated carbocycles. The lowest BCUT2D eigenvalue weighted by Gasteiger charge is -2.11. The summed E-state index contributed by atoms with van der Waals surface area (Å²) < 4.78 is 7.15. The number of rotatable bonds is 6. The van der Waals surface area contributed by atoms with Crippen molar-refractivity contribution in [2.45, 2.75) is 25.8 Å². The average molecular weight is 233 g/mol. The predicted octanol–water partition coefficient (Wildman–Crippen LogP) is 1.78. The van der Waals surface area contributed by atoms with Gasteiger partial charge < -0.3 is 9.73 Å². The highest BCUT2D eigenvalue weighted by molar-refractivity contribution is 5.01. The molecule has 2 heterocycles. The fraction of sp³-hybridized carbons (Fsp3) is 0.462. The summed E-state index contributed by atoms with van der Waals surface area (Å²) in [6.45, 7) is 3.11. The Kier molecular flexibility index (Phi) is 3.98. The van der Waals surface area contributed by atoms with Gasteiger partial charge in [0.2, 0.25) is 0 Å². The lowest BCUT2D eigenvalue weighted by atomic mass is 10.2. The molecular formula is C13H19N3O. The number of nitrogens with zero attached hydrogens (tertiary/aromatic N) is 2. The van der Waals surface area contributed by atoms with Crippen molar-refractivity contribution >= 4 is 0 Å². The first kappa shape index (κ1) is 11.9. The molecule has 17 heavy (non-hydrogen) atoms. The molecule has 2 aromatic rings. The van der Waals surface area contributed by atoms with Crippen molar-refractivity contribution in [3.8, 4) is 0 Å². The van der Waals surface area contributed by atoms with Gasteiger partial charge >= 0.3 is 0 Å². The minimum absolute atomic E-state index is 0.421. The van der Waals surface area contributed by atoms with E-state index in [0.29, 0.717) is 6.04 Å². The topological polar surface area (TPSA) is 43.0 Å². The molecule has 0 spiro atoms. The van der Waals surface area contributed by atoms with Crippen molar-refractivity contribution in [3.05, 3.63) is 42.1 Å². The molecule has 0 bridgehead atoms. The number of hydrogen-bond acceptors (Lipinski definition) is 3. The van der Waals surface area contributed by atoms with Gasteiger partial charge in [0.25, 0.3) is 0 Å². The Morgan fingerprint density at radius 3 is 3.00 bits per heavy atom. The van der Waals surface area contributed by atoms with E-state index < -0.39 is 0 Å². The van der Waals surface area contributed by atoms with Crippen LogP contribution in [0.15, 0.2) is 35.1 Å². The first-order valence-corrected chi connectivity index (χ1v) is 5.98. The maximum absolute atomic E-state index is 5.32. The summed E-state index contributed by atoms with van der Waals surface area (Å²) in [5, 5.41) is 7.81. The van der Waals surface area contributed by atoms with E-state index in [1.54, 1.807) is 6.26 Å². The summed E-state index contributed by atoms with van der Waals surface area (Å²) in [6.07, 6.45) is 5.58. The number of aryl methyl sites for hydroxylation is 1. The maximum Gasteiger partial charge on any atom is 0.105 e. The molecule has 2 aromatic heterocycles. The molecular weight excluding hydrogens is 214 g/mol. The van der Waals surface area contributed by atoms with Gasteiger partial charge in [0.1, 0.15) is 5.76 Å². The standard InChI is InChI=1S/C13H19N3O/c1-11(10-13-4-3-9-17-13)14-7-5-12-6-8-16(2)15-12/h3-4,6,8-9,11,14H,5,7,10H2,1-2H3. The molecule has 0 fully saturated rings. The van der Waals surface area contributed by atoms with E-state index in [2.05, 4.69) is 23.4 Å². The second kappa shape index (κ2) is 5.68. The van der Waals surface area contributed by atoms with E-state index in [1.165, 1.54) is 0 Å². The number of nitrogens with one attached hydrogen (secondary N) is 1. The second-order valence-electron chi connectivity index (χ2n) is 4.37. The summed E-state index contributed by atoms with van der Waals surface area (Å²) in [7, 11) is 1.94. The van der Waals surface area contributed by atoms with Gasteiger partial charge in [-0.3, -0.25) is 4.68 Å². The normalized spacial score (nSPS) is 12.8. The van der Waals surface area contributed by atoms with Crippen LogP contribution in [0.5, 0.6) is 0 Å². The van der Waals surface area contributed by atoms with E-state index in [9.17, 15) is 0 Å². The predicted molar refractivity (Wildman–Crippen MR) is 66.8 cm³/mol. The van der Waals surface area contributed by atoms with Gasteiger partial charge in [-0.25, -0.2) is 0 Å². The Hall–Kier alpha value is -1.55. The first-order valence-electron chi connectivity index (χ1n) is 5.98. The molecule has 92 valence electrons. The molecule has 4 nitrogen and oxygen atoms in total. The molecule has 4 heteroatoms. The zero-order valence-electron chi connectivity index (χ0n) is 10.4. The molecule has 0 aromatic carbocycles. The first-order chi connectivity index (χ1) is 8.24. The SMILES string of the molecule is CC(Cc1ccco1)NCCc1ccn(C)n1. The third-order valence-corrected chi connectivity index (χ3v) is 2.73. The van der Waals surface area contributed by atoms with Crippen molar-refractivity contribution < 1.29 is 4.42 Å². The molecule has 2 rings (SSSR count). The third kappa shape index (κ3) is 3.75. The van der Waals surface area contributed by atoms with Gasteiger partial charge in [-0.2, -0.15) is 5.10 Å². The fourth-order valence-electron chi connectivity index (χ4n) is 1.85. The van der Waals surface area contributed by atoms with Crippen LogP contribution in [0.2, 0.25) is 0 Å². The van der Waals surface area contributed by atoms with Crippen molar-refractivity contribution in [2.24, 2.45) is 7.05 Å². The molecule has 1 N–H and O–H groups in total. The highest BCUT2D eigenvalue weighted by Gasteiger charge is 2.05. The second-order valence-corrected chi connectivity index (χ2v) is 4.37. The third-order valence-electron chi connectivity index (χ3n) is 2.73. The Balaban J connectivity index is 1.68. The monoisotopic (exact) mass is 233 g/mol. The van der Waals surface area contributed by atoms with Crippen LogP contribution in [0.3, 0.4) is 0 Å². The van der Waals surface area contributed by atoms with E-state index in [4.69, 9.17) is 4.42 Å². The zero-order valence-corrected chi connectivity index (χ0v) is 10.4. The van der Waals surface area contributed by atoms with Crippen molar-refractivity contribution in [2.75, 3.05) is 6.54 Å². The highest BCUT2D eigenvalue weighted by Crippen LogP contribution is 2.03. The summed E-state index contributed by atoms with van der Waals surface area (Å²) in [5.41, 5.74) is 1.13. The van der Waals surface area contributed by atoms with Gasteiger partial charge in [0.15, 0.2) is 0 Å². The smallest absolute Gasteiger partial charge is 0.105 e. The van der Waals surface area contributed by atoms with Crippen LogP contribution in [0.1, 0.15) is 18.4 Å². The summed E-state index contributed by atoms with van der Waals surface area (Å²) in [5.74, 6) is 1.03. The highest BCUT2D eigenvalue weighted by atomic mass is 16.3. The Morgan fingerprint density at radius 1 is 1.47 bits per heavy atom. The van der Waals surface area contributed by atoms with E-state index in [1.807, 2.05) is 30.1 Å². The summed E-state index contributed by atoms with van der Waals surface area (Å²) in [4.78, 5) is 0. The Labute approximate surface area is 102 Å². The average Bonchev–Trinajstić information content (AvgIpc) is 2.90. The van der Waals surface area contributed by atoms with Crippen molar-refractivity contribution in [3.63, 3.8) is 0 Å². The number of furan rings is 1. The molecule has 1 unspecified atom stereocenters. The zero-order chi connectivity index (χ0) is 12.1. The largest absolute Gasteiger partial charge is 0.469 e. The molecule has 0 radical (unpaired) electrons. The van der Waals surface area contributed by atoms with E-state index >= 15 is 0 Å². The molecule has 0 aliphatic rings. The van der Waals surface area contributed by atoms with Gasteiger partial charge in [-0.05, 0) is 25.1 Å². The Bertz CT molecular complexity index is 433. The maximum atomic E-state index is 5.32. The summed E-state index contributed by atoms with van der Waals surface area (Å²) >= 11 is 0. The minimum atomic E-state index is 0.421. The van der Waals surface area contributed by atoms with Gasteiger partial charge in [-0.15, -0.1) is 0 Å². The van der Waals surface area contributed by atoms with Crippen molar-refractivity contribution in [1.29, 1.82) is 0 Å². The molecule has 0 amide bonds. The van der Waals surface area contributed by atoms with Crippen LogP contribution in [-0.4, -0.2) is 22.4 Å². The van der Waals surface area contributed by atoms with Crippen LogP contribution >= 0.6 is 0 Å². The fourth-order valence-corrected chi connectivity index (χ4v) is 1.85. The van der Waals surface area contributed by atoms with Gasteiger partial charge in [-0.1, -0.05) is 0 Å². The lowest BCUT2D eigenvalue weighted by Crippen LogP contribution is -2.29. The van der Waals surface area contributed by atoms with Crippen LogP contribution in [-0.2, 0) is 19.9 Å². The molecule has 0 aliphatic heterocycles. The van der Waals surface area contributed by atoms with E-state index in [-0.39, 0.29) is 0 Å². The molecule has 1 atom stereocenters. The van der Waals surface area contributed by atoms with Crippen molar-refractivity contribution in [1.82, 2.24) is 15.1 Å². The van der Waals surface area contributed by atoms with Crippen LogP contribution in [0.25, 0.3) is 0 Å². The van der Waals surface area contributed by atoms with Crippen LogP contribution in [0.4, 0.5) is 0 Å². The van der Waals surface area contributed by atoms with Gasteiger partial charge in [0, 0.05) is 38.7 Å². The van der Waals surface area contributed by atoms with Crippen LogP contribution in [0, 0.1) is 0 Å². The minimum Gasteiger partial charge on any atom is -0.469 e. The summed E-state index contributed by atoms with van der Waals surface area (Å²) in [6, 6.07) is 6.41. The quantitative estimate of drug-likeness (QED) is 0.827. The van der Waals surface area contributed by atoms with Crippen LogP contribution < -0.4 is 5.32 Å². The number of hydrogen-bond donors (Lipinski definition) is 1. The lowest BCUT2D eigenvalue weighted by molar-refractivity contribution is 0.457.